The summed E-state index contributed by atoms with van der Waals surface area (Å²) in [6.45, 7) is 2.44. The molecule has 0 spiro atoms. The van der Waals surface area contributed by atoms with E-state index in [4.69, 9.17) is 20.8 Å². The van der Waals surface area contributed by atoms with Gasteiger partial charge in [0.25, 0.3) is 5.91 Å². The number of carbonyl (C=O) groups excluding carboxylic acids is 2. The van der Waals surface area contributed by atoms with Gasteiger partial charge in [-0.05, 0) is 56.0 Å². The van der Waals surface area contributed by atoms with Crippen LogP contribution >= 0.6 is 11.6 Å². The second-order valence-electron chi connectivity index (χ2n) is 7.22. The summed E-state index contributed by atoms with van der Waals surface area (Å²) in [5, 5.41) is 5.09. The number of halogens is 1. The Morgan fingerprint density at radius 3 is 2.77 bits per heavy atom. The summed E-state index contributed by atoms with van der Waals surface area (Å²) in [5.41, 5.74) is 1.55. The van der Waals surface area contributed by atoms with Crippen molar-refractivity contribution in [2.24, 2.45) is 5.92 Å². The molecule has 1 aliphatic rings. The van der Waals surface area contributed by atoms with E-state index in [-0.39, 0.29) is 24.8 Å². The number of benzene rings is 1. The van der Waals surface area contributed by atoms with Crippen molar-refractivity contribution in [2.75, 3.05) is 19.7 Å². The minimum atomic E-state index is -0.424. The molecule has 1 fully saturated rings. The Morgan fingerprint density at radius 2 is 2.10 bits per heavy atom. The molecular formula is C22H22ClN3O4. The van der Waals surface area contributed by atoms with Crippen LogP contribution in [0.4, 0.5) is 0 Å². The molecule has 30 heavy (non-hydrogen) atoms. The van der Waals surface area contributed by atoms with Crippen molar-refractivity contribution in [3.05, 3.63) is 59.4 Å². The number of hydrogen-bond donors (Lipinski definition) is 0. The van der Waals surface area contributed by atoms with Crippen LogP contribution in [0.25, 0.3) is 17.1 Å². The zero-order valence-electron chi connectivity index (χ0n) is 16.6. The highest BCUT2D eigenvalue weighted by Crippen LogP contribution is 2.31. The number of ether oxygens (including phenoxy) is 1. The first-order valence-corrected chi connectivity index (χ1v) is 10.3. The second kappa shape index (κ2) is 8.75. The van der Waals surface area contributed by atoms with E-state index in [1.807, 2.05) is 12.1 Å². The summed E-state index contributed by atoms with van der Waals surface area (Å²) in [7, 11) is 0. The van der Waals surface area contributed by atoms with E-state index in [9.17, 15) is 9.59 Å². The molecule has 0 radical (unpaired) electrons. The van der Waals surface area contributed by atoms with Crippen molar-refractivity contribution in [2.45, 2.75) is 19.8 Å². The first-order chi connectivity index (χ1) is 14.5. The van der Waals surface area contributed by atoms with Gasteiger partial charge in [0.1, 0.15) is 12.2 Å². The molecule has 0 aliphatic heterocycles. The van der Waals surface area contributed by atoms with Crippen LogP contribution in [0.1, 0.15) is 30.3 Å². The summed E-state index contributed by atoms with van der Waals surface area (Å²) < 4.78 is 12.2. The third-order valence-corrected chi connectivity index (χ3v) is 5.08. The first-order valence-electron chi connectivity index (χ1n) is 9.90. The number of furan rings is 1. The van der Waals surface area contributed by atoms with E-state index in [1.165, 1.54) is 4.90 Å². The molecule has 1 aliphatic carbocycles. The molecule has 0 unspecified atom stereocenters. The number of aromatic nitrogens is 2. The fourth-order valence-electron chi connectivity index (χ4n) is 3.25. The molecule has 7 nitrogen and oxygen atoms in total. The molecule has 1 saturated carbocycles. The molecule has 0 saturated heterocycles. The van der Waals surface area contributed by atoms with E-state index >= 15 is 0 Å². The number of rotatable bonds is 8. The lowest BCUT2D eigenvalue weighted by Crippen LogP contribution is -2.38. The number of amides is 1. The monoisotopic (exact) mass is 427 g/mol. The first kappa shape index (κ1) is 20.2. The van der Waals surface area contributed by atoms with Gasteiger partial charge in [0, 0.05) is 17.6 Å². The van der Waals surface area contributed by atoms with Gasteiger partial charge in [0.2, 0.25) is 0 Å². The number of esters is 1. The maximum absolute atomic E-state index is 13.3. The van der Waals surface area contributed by atoms with E-state index < -0.39 is 5.97 Å². The van der Waals surface area contributed by atoms with Crippen molar-refractivity contribution in [1.82, 2.24) is 14.7 Å². The third kappa shape index (κ3) is 4.57. The number of carbonyl (C=O) groups is 2. The molecule has 2 heterocycles. The maximum atomic E-state index is 13.3. The molecule has 3 aromatic rings. The van der Waals surface area contributed by atoms with Gasteiger partial charge < -0.3 is 14.1 Å². The lowest BCUT2D eigenvalue weighted by atomic mass is 10.2. The van der Waals surface area contributed by atoms with Gasteiger partial charge in [-0.2, -0.15) is 5.10 Å². The molecule has 1 aromatic carbocycles. The Hall–Kier alpha value is -3.06. The normalized spacial score (nSPS) is 13.3. The van der Waals surface area contributed by atoms with Crippen LogP contribution in [-0.4, -0.2) is 46.3 Å². The molecule has 4 rings (SSSR count). The van der Waals surface area contributed by atoms with Crippen molar-refractivity contribution < 1.29 is 18.7 Å². The quantitative estimate of drug-likeness (QED) is 0.503. The van der Waals surface area contributed by atoms with E-state index in [1.54, 1.807) is 48.2 Å². The molecule has 0 N–H and O–H groups in total. The van der Waals surface area contributed by atoms with Crippen LogP contribution in [0, 0.1) is 5.92 Å². The Morgan fingerprint density at radius 1 is 1.27 bits per heavy atom. The third-order valence-electron chi connectivity index (χ3n) is 4.84. The van der Waals surface area contributed by atoms with Gasteiger partial charge in [-0.1, -0.05) is 17.7 Å². The van der Waals surface area contributed by atoms with Crippen LogP contribution in [-0.2, 0) is 9.53 Å². The second-order valence-corrected chi connectivity index (χ2v) is 7.65. The van der Waals surface area contributed by atoms with Crippen molar-refractivity contribution in [3.8, 4) is 17.1 Å². The maximum Gasteiger partial charge on any atom is 0.325 e. The number of hydrogen-bond acceptors (Lipinski definition) is 5. The highest BCUT2D eigenvalue weighted by molar-refractivity contribution is 6.30. The molecule has 1 amide bonds. The van der Waals surface area contributed by atoms with Gasteiger partial charge in [-0.3, -0.25) is 9.59 Å². The Bertz CT molecular complexity index is 1040. The SMILES string of the molecule is CCOC(=O)CN(CC1CC1)C(=O)c1cc(-c2ccco2)n(-c2cccc(Cl)c2)n1. The van der Waals surface area contributed by atoms with Crippen LogP contribution in [0.3, 0.4) is 0 Å². The molecule has 0 atom stereocenters. The average Bonchev–Trinajstić information content (AvgIpc) is 3.19. The summed E-state index contributed by atoms with van der Waals surface area (Å²) in [6.07, 6.45) is 3.68. The average molecular weight is 428 g/mol. The fraction of sp³-hybridized carbons (Fsp3) is 0.318. The Labute approximate surface area is 179 Å². The van der Waals surface area contributed by atoms with Gasteiger partial charge >= 0.3 is 5.97 Å². The van der Waals surface area contributed by atoms with Crippen molar-refractivity contribution in [1.29, 1.82) is 0 Å². The summed E-state index contributed by atoms with van der Waals surface area (Å²) in [6, 6.07) is 12.4. The summed E-state index contributed by atoms with van der Waals surface area (Å²) in [4.78, 5) is 26.8. The van der Waals surface area contributed by atoms with E-state index in [0.717, 1.165) is 12.8 Å². The smallest absolute Gasteiger partial charge is 0.325 e. The van der Waals surface area contributed by atoms with Crippen molar-refractivity contribution >= 4 is 23.5 Å². The van der Waals surface area contributed by atoms with Crippen LogP contribution in [0.5, 0.6) is 0 Å². The minimum Gasteiger partial charge on any atom is -0.465 e. The summed E-state index contributed by atoms with van der Waals surface area (Å²) in [5.74, 6) is 0.249. The van der Waals surface area contributed by atoms with Crippen LogP contribution in [0.15, 0.2) is 53.1 Å². The Balaban J connectivity index is 1.69. The lowest BCUT2D eigenvalue weighted by Gasteiger charge is -2.20. The topological polar surface area (TPSA) is 77.6 Å². The highest BCUT2D eigenvalue weighted by atomic mass is 35.5. The van der Waals surface area contributed by atoms with Gasteiger partial charge in [-0.15, -0.1) is 0 Å². The zero-order chi connectivity index (χ0) is 21.1. The zero-order valence-corrected chi connectivity index (χ0v) is 17.3. The Kier molecular flexibility index (Phi) is 5.90. The van der Waals surface area contributed by atoms with Crippen LogP contribution < -0.4 is 0 Å². The fourth-order valence-corrected chi connectivity index (χ4v) is 3.43. The predicted octanol–water partition coefficient (Wildman–Crippen LogP) is 4.20. The molecule has 8 heteroatoms. The minimum absolute atomic E-state index is 0.0940. The number of nitrogens with zero attached hydrogens (tertiary/aromatic N) is 3. The van der Waals surface area contributed by atoms with Crippen molar-refractivity contribution in [3.63, 3.8) is 0 Å². The largest absolute Gasteiger partial charge is 0.465 e. The molecule has 0 bridgehead atoms. The van der Waals surface area contributed by atoms with E-state index in [2.05, 4.69) is 5.10 Å². The van der Waals surface area contributed by atoms with Gasteiger partial charge in [0.05, 0.1) is 18.6 Å². The molecule has 2 aromatic heterocycles. The standard InChI is InChI=1S/C22H22ClN3O4/c1-2-29-21(27)14-25(13-15-8-9-15)22(28)18-12-19(20-7-4-10-30-20)26(24-18)17-6-3-5-16(23)11-17/h3-7,10-12,15H,2,8-9,13-14H2,1H3. The highest BCUT2D eigenvalue weighted by Gasteiger charge is 2.30. The lowest BCUT2D eigenvalue weighted by molar-refractivity contribution is -0.143. The van der Waals surface area contributed by atoms with Gasteiger partial charge in [0.15, 0.2) is 11.5 Å². The van der Waals surface area contributed by atoms with Crippen LogP contribution in [0.2, 0.25) is 5.02 Å². The molecule has 156 valence electrons. The molecular weight excluding hydrogens is 406 g/mol. The van der Waals surface area contributed by atoms with E-state index in [0.29, 0.717) is 34.6 Å². The predicted molar refractivity (Wildman–Crippen MR) is 112 cm³/mol. The summed E-state index contributed by atoms with van der Waals surface area (Å²) >= 11 is 6.15. The van der Waals surface area contributed by atoms with Gasteiger partial charge in [-0.25, -0.2) is 4.68 Å².